The lowest BCUT2D eigenvalue weighted by atomic mass is 9.80. The molecular weight excluding hydrogens is 415 g/mol. The molecule has 3 aliphatic rings. The van der Waals surface area contributed by atoms with E-state index in [1.165, 1.54) is 17.3 Å². The molecule has 5 atom stereocenters. The number of carboxylic acids is 1. The quantitative estimate of drug-likeness (QED) is 0.748. The Balaban J connectivity index is 1.55. The number of nitrogens with one attached hydrogen (secondary N) is 1. The number of fused-ring (bicyclic) bond motifs is 1. The third-order valence-corrected chi connectivity index (χ3v) is 6.31. The number of aliphatic imine (C=N–C) groups is 1. The number of carbonyl (C=O) groups is 2. The first-order chi connectivity index (χ1) is 14.5. The molecule has 5 unspecified atom stereocenters. The van der Waals surface area contributed by atoms with Crippen LogP contribution in [-0.4, -0.2) is 63.8 Å². The van der Waals surface area contributed by atoms with E-state index in [1.807, 2.05) is 13.8 Å². The summed E-state index contributed by atoms with van der Waals surface area (Å²) in [5.41, 5.74) is 1.84. The van der Waals surface area contributed by atoms with E-state index >= 15 is 0 Å². The van der Waals surface area contributed by atoms with E-state index in [0.29, 0.717) is 24.1 Å². The molecule has 4 heterocycles. The Kier molecular flexibility index (Phi) is 5.40. The molecule has 3 aliphatic heterocycles. The number of aliphatic carboxylic acids is 1. The van der Waals surface area contributed by atoms with Gasteiger partial charge in [0.1, 0.15) is 6.54 Å². The zero-order valence-electron chi connectivity index (χ0n) is 17.1. The van der Waals surface area contributed by atoms with Crippen LogP contribution in [0.4, 0.5) is 18.9 Å². The number of amides is 1. The highest BCUT2D eigenvalue weighted by molar-refractivity contribution is 6.10. The molecule has 0 aliphatic carbocycles. The summed E-state index contributed by atoms with van der Waals surface area (Å²) in [6.07, 6.45) is 0.960. The van der Waals surface area contributed by atoms with Gasteiger partial charge >= 0.3 is 12.1 Å². The summed E-state index contributed by atoms with van der Waals surface area (Å²) in [5.74, 6) is -1.70. The van der Waals surface area contributed by atoms with E-state index < -0.39 is 24.6 Å². The summed E-state index contributed by atoms with van der Waals surface area (Å²) < 4.78 is 38.8. The van der Waals surface area contributed by atoms with Crippen molar-refractivity contribution in [3.05, 3.63) is 23.5 Å². The Labute approximate surface area is 176 Å². The van der Waals surface area contributed by atoms with Crippen LogP contribution in [0.5, 0.6) is 0 Å². The van der Waals surface area contributed by atoms with E-state index in [0.717, 1.165) is 10.3 Å². The predicted octanol–water partition coefficient (Wildman–Crippen LogP) is 2.02. The van der Waals surface area contributed by atoms with Gasteiger partial charge in [-0.05, 0) is 26.7 Å². The number of hydrogen-bond donors (Lipinski definition) is 2. The molecule has 4 rings (SSSR count). The van der Waals surface area contributed by atoms with Gasteiger partial charge in [-0.15, -0.1) is 0 Å². The van der Waals surface area contributed by atoms with Gasteiger partial charge in [0.15, 0.2) is 0 Å². The van der Waals surface area contributed by atoms with E-state index in [9.17, 15) is 27.9 Å². The van der Waals surface area contributed by atoms with Gasteiger partial charge in [0, 0.05) is 29.9 Å². The Bertz CT molecular complexity index is 954. The van der Waals surface area contributed by atoms with Crippen LogP contribution in [0.1, 0.15) is 26.7 Å². The summed E-state index contributed by atoms with van der Waals surface area (Å²) in [6, 6.07) is -0.710. The lowest BCUT2D eigenvalue weighted by Crippen LogP contribution is -2.52. The third-order valence-electron chi connectivity index (χ3n) is 6.31. The van der Waals surface area contributed by atoms with Gasteiger partial charge < -0.3 is 15.3 Å². The molecule has 0 spiro atoms. The smallest absolute Gasteiger partial charge is 0.408 e. The molecule has 1 aromatic heterocycles. The SMILES string of the molecule is CC1=C2C(=O)N(c3cnn(CC(F)(F)F)c3)C(C)C2NC(C2C=NCC(C(=O)O)C2)C1. The molecule has 0 radical (unpaired) electrons. The minimum absolute atomic E-state index is 0.0668. The number of anilines is 1. The summed E-state index contributed by atoms with van der Waals surface area (Å²) in [5, 5.41) is 16.6. The normalized spacial score (nSPS) is 31.3. The van der Waals surface area contributed by atoms with Crippen LogP contribution >= 0.6 is 0 Å². The van der Waals surface area contributed by atoms with Gasteiger partial charge in [0.25, 0.3) is 5.91 Å². The zero-order valence-corrected chi connectivity index (χ0v) is 17.1. The Morgan fingerprint density at radius 3 is 2.81 bits per heavy atom. The van der Waals surface area contributed by atoms with Crippen molar-refractivity contribution in [3.63, 3.8) is 0 Å². The van der Waals surface area contributed by atoms with Crippen molar-refractivity contribution in [2.75, 3.05) is 11.4 Å². The molecule has 1 saturated heterocycles. The lowest BCUT2D eigenvalue weighted by molar-refractivity contribution is -0.143. The van der Waals surface area contributed by atoms with Crippen LogP contribution in [0.15, 0.2) is 28.5 Å². The summed E-state index contributed by atoms with van der Waals surface area (Å²) in [7, 11) is 0. The molecule has 1 fully saturated rings. The number of hydrogen-bond acceptors (Lipinski definition) is 5. The molecule has 1 amide bonds. The number of alkyl halides is 3. The van der Waals surface area contributed by atoms with Gasteiger partial charge in [-0.25, -0.2) is 0 Å². The molecular formula is C20H24F3N5O3. The first-order valence-electron chi connectivity index (χ1n) is 10.2. The predicted molar refractivity (Wildman–Crippen MR) is 106 cm³/mol. The molecule has 0 bridgehead atoms. The van der Waals surface area contributed by atoms with Crippen LogP contribution in [0.3, 0.4) is 0 Å². The highest BCUT2D eigenvalue weighted by Gasteiger charge is 2.47. The van der Waals surface area contributed by atoms with E-state index in [1.54, 1.807) is 6.21 Å². The van der Waals surface area contributed by atoms with Crippen LogP contribution in [0.25, 0.3) is 0 Å². The maximum Gasteiger partial charge on any atom is 0.408 e. The minimum Gasteiger partial charge on any atom is -0.481 e. The van der Waals surface area contributed by atoms with Crippen molar-refractivity contribution >= 4 is 23.8 Å². The van der Waals surface area contributed by atoms with Crippen molar-refractivity contribution in [1.29, 1.82) is 0 Å². The van der Waals surface area contributed by atoms with Crippen LogP contribution in [-0.2, 0) is 16.1 Å². The average Bonchev–Trinajstić information content (AvgIpc) is 3.22. The molecule has 2 N–H and O–H groups in total. The van der Waals surface area contributed by atoms with Crippen molar-refractivity contribution in [2.45, 2.75) is 57.5 Å². The van der Waals surface area contributed by atoms with Gasteiger partial charge in [-0.2, -0.15) is 18.3 Å². The third kappa shape index (κ3) is 4.10. The number of nitrogens with zero attached hydrogens (tertiary/aromatic N) is 4. The first-order valence-corrected chi connectivity index (χ1v) is 10.2. The number of carboxylic acid groups (broad SMARTS) is 1. The highest BCUT2D eigenvalue weighted by atomic mass is 19.4. The number of carbonyl (C=O) groups excluding carboxylic acids is 1. The standard InChI is InChI=1S/C20H24F3N5O3/c1-10-3-15(12-4-13(19(30)31)6-24-5-12)26-17-11(2)28(18(29)16(10)17)14-7-25-27(8-14)9-20(21,22)23/h5,7-8,11-13,15,17,26H,3-4,6,9H2,1-2H3,(H,30,31). The first kappa shape index (κ1) is 21.5. The fourth-order valence-corrected chi connectivity index (χ4v) is 4.85. The molecule has 0 saturated carbocycles. The second-order valence-electron chi connectivity index (χ2n) is 8.52. The topological polar surface area (TPSA) is 99.8 Å². The zero-order chi connectivity index (χ0) is 22.5. The van der Waals surface area contributed by atoms with E-state index in [4.69, 9.17) is 0 Å². The van der Waals surface area contributed by atoms with E-state index in [2.05, 4.69) is 15.4 Å². The van der Waals surface area contributed by atoms with Gasteiger partial charge in [-0.3, -0.25) is 19.3 Å². The molecule has 0 aromatic carbocycles. The Morgan fingerprint density at radius 2 is 2.13 bits per heavy atom. The monoisotopic (exact) mass is 439 g/mol. The van der Waals surface area contributed by atoms with Crippen molar-refractivity contribution in [1.82, 2.24) is 15.1 Å². The van der Waals surface area contributed by atoms with Crippen molar-refractivity contribution in [3.8, 4) is 0 Å². The molecule has 11 heteroatoms. The summed E-state index contributed by atoms with van der Waals surface area (Å²) in [4.78, 5) is 30.2. The number of rotatable bonds is 4. The second-order valence-corrected chi connectivity index (χ2v) is 8.52. The van der Waals surface area contributed by atoms with Crippen LogP contribution < -0.4 is 10.2 Å². The summed E-state index contributed by atoms with van der Waals surface area (Å²) in [6.45, 7) is 2.77. The molecule has 8 nitrogen and oxygen atoms in total. The minimum atomic E-state index is -4.40. The van der Waals surface area contributed by atoms with Gasteiger partial charge in [0.2, 0.25) is 0 Å². The second kappa shape index (κ2) is 7.77. The van der Waals surface area contributed by atoms with Crippen molar-refractivity contribution in [2.24, 2.45) is 16.8 Å². The highest BCUT2D eigenvalue weighted by Crippen LogP contribution is 2.38. The largest absolute Gasteiger partial charge is 0.481 e. The van der Waals surface area contributed by atoms with E-state index in [-0.39, 0.29) is 36.5 Å². The Morgan fingerprint density at radius 1 is 1.39 bits per heavy atom. The van der Waals surface area contributed by atoms with Crippen LogP contribution in [0, 0.1) is 11.8 Å². The van der Waals surface area contributed by atoms with Gasteiger partial charge in [-0.1, -0.05) is 5.57 Å². The fourth-order valence-electron chi connectivity index (χ4n) is 4.85. The average molecular weight is 439 g/mol. The summed E-state index contributed by atoms with van der Waals surface area (Å²) >= 11 is 0. The van der Waals surface area contributed by atoms with Crippen LogP contribution in [0.2, 0.25) is 0 Å². The Hall–Kier alpha value is -2.69. The fraction of sp³-hybridized carbons (Fsp3) is 0.600. The van der Waals surface area contributed by atoms with Gasteiger partial charge in [0.05, 0.1) is 36.4 Å². The lowest BCUT2D eigenvalue weighted by Gasteiger charge is -2.37. The molecule has 168 valence electrons. The maximum atomic E-state index is 13.1. The maximum absolute atomic E-state index is 13.1. The molecule has 31 heavy (non-hydrogen) atoms. The number of halogens is 3. The molecule has 1 aromatic rings. The van der Waals surface area contributed by atoms with Crippen molar-refractivity contribution < 1.29 is 27.9 Å². The number of aromatic nitrogens is 2.